The molecule has 0 aliphatic carbocycles. The maximum atomic E-state index is 14.3. The van der Waals surface area contributed by atoms with Crippen molar-refractivity contribution in [3.63, 3.8) is 0 Å². The third-order valence-corrected chi connectivity index (χ3v) is 12.2. The number of aromatic amines is 1. The number of benzene rings is 1. The fourth-order valence-electron chi connectivity index (χ4n) is 8.04. The Morgan fingerprint density at radius 1 is 0.629 bits per heavy atom. The van der Waals surface area contributed by atoms with Crippen LogP contribution in [0.25, 0.3) is 0 Å². The molecule has 2 fully saturated rings. The Bertz CT molecular complexity index is 2150. The number of aliphatic hydroxyl groups excluding tert-OH is 3. The van der Waals surface area contributed by atoms with E-state index in [1.54, 1.807) is 27.7 Å². The van der Waals surface area contributed by atoms with Crippen molar-refractivity contribution in [2.75, 3.05) is 13.1 Å². The Hall–Kier alpha value is -6.66. The van der Waals surface area contributed by atoms with Crippen molar-refractivity contribution in [3.05, 3.63) is 48.0 Å². The molecule has 70 heavy (non-hydrogen) atoms. The molecular weight excluding hydrogens is 915 g/mol. The molecule has 0 bridgehead atoms. The summed E-state index contributed by atoms with van der Waals surface area (Å²) in [5.74, 6) is -9.19. The number of aromatic nitrogens is 2. The summed E-state index contributed by atoms with van der Waals surface area (Å²) in [7, 11) is 0. The number of fused-ring (bicyclic) bond motifs is 1. The number of hydrogen-bond donors (Lipinski definition) is 13. The van der Waals surface area contributed by atoms with Gasteiger partial charge in [0.2, 0.25) is 53.2 Å². The topological polar surface area (TPSA) is 363 Å². The van der Waals surface area contributed by atoms with Crippen LogP contribution >= 0.6 is 0 Å². The predicted octanol–water partition coefficient (Wildman–Crippen LogP) is -3.35. The van der Waals surface area contributed by atoms with Crippen LogP contribution in [-0.4, -0.2) is 168 Å². The molecule has 24 heteroatoms. The lowest BCUT2D eigenvalue weighted by atomic mass is 9.96. The van der Waals surface area contributed by atoms with E-state index in [0.29, 0.717) is 24.1 Å². The van der Waals surface area contributed by atoms with Gasteiger partial charge in [-0.25, -0.2) is 4.98 Å². The Morgan fingerprint density at radius 3 is 1.73 bits per heavy atom. The number of amides is 9. The molecule has 3 heterocycles. The highest BCUT2D eigenvalue weighted by Gasteiger charge is 2.42. The van der Waals surface area contributed by atoms with Crippen molar-refractivity contribution in [3.8, 4) is 5.75 Å². The van der Waals surface area contributed by atoms with E-state index in [2.05, 4.69) is 52.5 Å². The first-order valence-corrected chi connectivity index (χ1v) is 23.5. The molecule has 1 aromatic heterocycles. The minimum atomic E-state index is -1.74. The number of nitrogens with zero attached hydrogens (tertiary/aromatic N) is 2. The zero-order chi connectivity index (χ0) is 52.0. The highest BCUT2D eigenvalue weighted by molar-refractivity contribution is 5.99. The van der Waals surface area contributed by atoms with E-state index >= 15 is 0 Å². The normalized spacial score (nSPS) is 27.2. The maximum absolute atomic E-state index is 14.3. The molecule has 0 radical (unpaired) electrons. The minimum Gasteiger partial charge on any atom is -0.508 e. The first-order chi connectivity index (χ1) is 33.0. The van der Waals surface area contributed by atoms with E-state index in [-0.39, 0.29) is 43.9 Å². The summed E-state index contributed by atoms with van der Waals surface area (Å²) in [6.07, 6.45) is -1.59. The van der Waals surface area contributed by atoms with Crippen molar-refractivity contribution in [2.24, 2.45) is 11.8 Å². The van der Waals surface area contributed by atoms with E-state index in [9.17, 15) is 63.6 Å². The number of hydrogen-bond acceptors (Lipinski definition) is 14. The van der Waals surface area contributed by atoms with Crippen molar-refractivity contribution < 1.29 is 63.6 Å². The summed E-state index contributed by atoms with van der Waals surface area (Å²) < 4.78 is 0. The van der Waals surface area contributed by atoms with E-state index in [0.717, 1.165) is 4.90 Å². The number of carbonyl (C=O) groups is 9. The second kappa shape index (κ2) is 25.8. The van der Waals surface area contributed by atoms with E-state index in [1.165, 1.54) is 57.6 Å². The zero-order valence-electron chi connectivity index (χ0n) is 40.5. The molecule has 2 saturated heterocycles. The fourth-order valence-corrected chi connectivity index (χ4v) is 8.04. The lowest BCUT2D eigenvalue weighted by molar-refractivity contribution is -0.144. The molecule has 12 atom stereocenters. The van der Waals surface area contributed by atoms with Gasteiger partial charge in [-0.15, -0.1) is 0 Å². The van der Waals surface area contributed by atoms with Crippen molar-refractivity contribution in [1.29, 1.82) is 0 Å². The van der Waals surface area contributed by atoms with Gasteiger partial charge < -0.3 is 72.8 Å². The second-order valence-electron chi connectivity index (χ2n) is 18.5. The summed E-state index contributed by atoms with van der Waals surface area (Å²) in [4.78, 5) is 134. The third kappa shape index (κ3) is 15.7. The molecule has 9 amide bonds. The summed E-state index contributed by atoms with van der Waals surface area (Å²) >= 11 is 0. The van der Waals surface area contributed by atoms with Crippen LogP contribution in [0.5, 0.6) is 5.75 Å². The fraction of sp³-hybridized carbons (Fsp3) is 0.609. The van der Waals surface area contributed by atoms with E-state index < -0.39 is 132 Å². The van der Waals surface area contributed by atoms with Crippen LogP contribution in [0, 0.1) is 11.8 Å². The van der Waals surface area contributed by atoms with Crippen molar-refractivity contribution in [2.45, 2.75) is 154 Å². The van der Waals surface area contributed by atoms with Gasteiger partial charge in [-0.2, -0.15) is 0 Å². The quantitative estimate of drug-likeness (QED) is 0.105. The van der Waals surface area contributed by atoms with Gasteiger partial charge >= 0.3 is 0 Å². The summed E-state index contributed by atoms with van der Waals surface area (Å²) in [6, 6.07) is -6.25. The zero-order valence-corrected chi connectivity index (χ0v) is 40.5. The number of phenolic OH excluding ortho intramolecular Hbond substituents is 1. The number of carbonyl (C=O) groups excluding carboxylic acids is 9. The van der Waals surface area contributed by atoms with Crippen LogP contribution in [-0.2, 0) is 56.0 Å². The minimum absolute atomic E-state index is 0.00578. The van der Waals surface area contributed by atoms with Gasteiger partial charge in [0, 0.05) is 31.3 Å². The molecule has 2 aliphatic rings. The Morgan fingerprint density at radius 2 is 1.14 bits per heavy atom. The summed E-state index contributed by atoms with van der Waals surface area (Å²) in [6.45, 7) is 9.87. The number of imidazole rings is 1. The van der Waals surface area contributed by atoms with E-state index in [4.69, 9.17) is 0 Å². The van der Waals surface area contributed by atoms with Crippen LogP contribution in [0.3, 0.4) is 0 Å². The van der Waals surface area contributed by atoms with Crippen molar-refractivity contribution >= 4 is 53.2 Å². The van der Waals surface area contributed by atoms with Crippen molar-refractivity contribution in [1.82, 2.24) is 57.4 Å². The molecule has 4 rings (SSSR count). The predicted molar refractivity (Wildman–Crippen MR) is 249 cm³/mol. The van der Waals surface area contributed by atoms with Gasteiger partial charge in [-0.05, 0) is 69.6 Å². The molecule has 2 aromatic rings. The van der Waals surface area contributed by atoms with Crippen LogP contribution < -0.4 is 42.5 Å². The summed E-state index contributed by atoms with van der Waals surface area (Å²) in [5.41, 5.74) is 0.812. The lowest BCUT2D eigenvalue weighted by Gasteiger charge is -2.32. The molecule has 2 aliphatic heterocycles. The standard InChI is InChI=1S/C46H69N11O13/c1-8-23(4)35-43(67)56-38(26(7)60)46(70)57-15-9-10-33(57)42(66)48-20-34(62)53-36(24(5)58)44(68)52-32(18-28-19-47-21-49-28)40(64)50-30(16-22(2)3)39(63)51-31(17-27-11-13-29(61)14-12-27)41(65)55-37(25(6)59)45(69)54-35/h11-14,19,21-26,30-33,35-38,58-61H,8-10,15-18,20H2,1-7H3,(H,47,49)(H,48,66)(H,50,64)(H,51,63)(H,52,68)(H,53,62)(H,54,69)(H,55,65)(H,56,67). The molecule has 1 aromatic carbocycles. The molecule has 13 N–H and O–H groups in total. The molecule has 0 saturated carbocycles. The third-order valence-electron chi connectivity index (χ3n) is 12.2. The number of rotatable bonds is 11. The Kier molecular flexibility index (Phi) is 20.6. The molecule has 0 spiro atoms. The molecule has 386 valence electrons. The lowest BCUT2D eigenvalue weighted by Crippen LogP contribution is -2.63. The van der Waals surface area contributed by atoms with Gasteiger partial charge in [0.15, 0.2) is 0 Å². The Balaban J connectivity index is 1.80. The smallest absolute Gasteiger partial charge is 0.248 e. The van der Waals surface area contributed by atoms with Gasteiger partial charge in [0.05, 0.1) is 31.2 Å². The first kappa shape index (κ1) is 55.9. The first-order valence-electron chi connectivity index (χ1n) is 23.5. The SMILES string of the molecule is CCC(C)C1NC(=O)C(C(C)O)NC(=O)C(Cc2ccc(O)cc2)NC(=O)C(CC(C)C)NC(=O)C(Cc2cnc[nH]2)NC(=O)C(C(C)O)NC(=O)CNC(=O)C2CCCN2C(=O)C(C(C)O)NC1=O. The average Bonchev–Trinajstić information content (AvgIpc) is 4.02. The molecule has 24 nitrogen and oxygen atoms in total. The number of aliphatic hydroxyl groups is 3. The van der Waals surface area contributed by atoms with E-state index in [1.807, 2.05) is 0 Å². The monoisotopic (exact) mass is 984 g/mol. The molecular formula is C46H69N11O13. The van der Waals surface area contributed by atoms with Crippen LogP contribution in [0.15, 0.2) is 36.8 Å². The van der Waals surface area contributed by atoms with Crippen LogP contribution in [0.2, 0.25) is 0 Å². The Labute approximate surface area is 405 Å². The van der Waals surface area contributed by atoms with Gasteiger partial charge in [0.25, 0.3) is 0 Å². The van der Waals surface area contributed by atoms with Crippen LogP contribution in [0.1, 0.15) is 85.4 Å². The number of nitrogens with one attached hydrogen (secondary N) is 9. The average molecular weight is 984 g/mol. The number of phenols is 1. The largest absolute Gasteiger partial charge is 0.508 e. The molecule has 12 unspecified atom stereocenters. The summed E-state index contributed by atoms with van der Waals surface area (Å²) in [5, 5.41) is 62.6. The van der Waals surface area contributed by atoms with Gasteiger partial charge in [0.1, 0.15) is 54.1 Å². The van der Waals surface area contributed by atoms with Gasteiger partial charge in [-0.3, -0.25) is 43.2 Å². The van der Waals surface area contributed by atoms with Gasteiger partial charge in [-0.1, -0.05) is 46.2 Å². The number of H-pyrrole nitrogens is 1. The highest BCUT2D eigenvalue weighted by atomic mass is 16.3. The second-order valence-corrected chi connectivity index (χ2v) is 18.5. The van der Waals surface area contributed by atoms with Crippen LogP contribution in [0.4, 0.5) is 0 Å². The highest BCUT2D eigenvalue weighted by Crippen LogP contribution is 2.21. The number of aromatic hydroxyl groups is 1. The maximum Gasteiger partial charge on any atom is 0.248 e.